The lowest BCUT2D eigenvalue weighted by atomic mass is 10.1. The van der Waals surface area contributed by atoms with Gasteiger partial charge in [-0.25, -0.2) is 4.79 Å². The van der Waals surface area contributed by atoms with E-state index in [0.717, 1.165) is 11.6 Å². The van der Waals surface area contributed by atoms with E-state index in [9.17, 15) is 24.8 Å². The number of nitro groups is 1. The predicted octanol–water partition coefficient (Wildman–Crippen LogP) is 5.60. The summed E-state index contributed by atoms with van der Waals surface area (Å²) in [4.78, 5) is 36.0. The molecule has 0 radical (unpaired) electrons. The minimum absolute atomic E-state index is 0.00586. The van der Waals surface area contributed by atoms with Gasteiger partial charge in [-0.2, -0.15) is 0 Å². The van der Waals surface area contributed by atoms with Crippen LogP contribution in [0.4, 0.5) is 17.1 Å². The van der Waals surface area contributed by atoms with E-state index >= 15 is 0 Å². The molecule has 0 atom stereocenters. The summed E-state index contributed by atoms with van der Waals surface area (Å²) in [7, 11) is 2.70. The summed E-state index contributed by atoms with van der Waals surface area (Å²) in [6, 6.07) is 16.5. The van der Waals surface area contributed by atoms with Crippen LogP contribution in [0.3, 0.4) is 0 Å². The molecule has 12 nitrogen and oxygen atoms in total. The Labute approximate surface area is 223 Å². The number of anilines is 1. The molecule has 0 fully saturated rings. The summed E-state index contributed by atoms with van der Waals surface area (Å²) in [5.74, 6) is -2.01. The van der Waals surface area contributed by atoms with Gasteiger partial charge in [-0.3, -0.25) is 14.9 Å². The van der Waals surface area contributed by atoms with E-state index in [2.05, 4.69) is 22.1 Å². The van der Waals surface area contributed by atoms with E-state index in [1.165, 1.54) is 38.5 Å². The van der Waals surface area contributed by atoms with Crippen molar-refractivity contribution >= 4 is 35.0 Å². The van der Waals surface area contributed by atoms with Crippen molar-refractivity contribution in [2.45, 2.75) is 0 Å². The zero-order valence-electron chi connectivity index (χ0n) is 21.0. The normalized spacial score (nSPS) is 11.3. The van der Waals surface area contributed by atoms with Gasteiger partial charge in [0.2, 0.25) is 0 Å². The maximum Gasteiger partial charge on any atom is 0.338 e. The average molecular weight is 533 g/mol. The Hall–Kier alpha value is -5.52. The van der Waals surface area contributed by atoms with Crippen molar-refractivity contribution in [1.82, 2.24) is 0 Å². The molecule has 0 heterocycles. The second kappa shape index (κ2) is 13.1. The van der Waals surface area contributed by atoms with Gasteiger partial charge in [0.1, 0.15) is 11.4 Å². The number of benzene rings is 3. The van der Waals surface area contributed by atoms with Gasteiger partial charge in [0.25, 0.3) is 11.6 Å². The van der Waals surface area contributed by atoms with Crippen LogP contribution in [0.15, 0.2) is 95.0 Å². The molecule has 1 amide bonds. The summed E-state index contributed by atoms with van der Waals surface area (Å²) in [5, 5.41) is 32.1. The first-order valence-corrected chi connectivity index (χ1v) is 11.3. The highest BCUT2D eigenvalue weighted by atomic mass is 16.6. The Kier molecular flexibility index (Phi) is 9.46. The number of azo groups is 1. The van der Waals surface area contributed by atoms with Crippen LogP contribution in [0, 0.1) is 10.1 Å². The van der Waals surface area contributed by atoms with Crippen molar-refractivity contribution in [3.05, 3.63) is 106 Å². The molecule has 0 aliphatic carbocycles. The number of carbonyl (C=O) groups is 2. The molecule has 3 aromatic carbocycles. The van der Waals surface area contributed by atoms with E-state index < -0.39 is 34.9 Å². The topological polar surface area (TPSA) is 162 Å². The van der Waals surface area contributed by atoms with E-state index in [1.54, 1.807) is 42.5 Å². The molecule has 0 aromatic heterocycles. The molecule has 0 spiro atoms. The molecule has 0 bridgehead atoms. The second-order valence-electron chi connectivity index (χ2n) is 7.67. The quantitative estimate of drug-likeness (QED) is 0.0805. The van der Waals surface area contributed by atoms with Crippen LogP contribution in [0.25, 0.3) is 6.08 Å². The number of esters is 1. The zero-order chi connectivity index (χ0) is 28.4. The van der Waals surface area contributed by atoms with Crippen molar-refractivity contribution in [2.75, 3.05) is 26.1 Å². The van der Waals surface area contributed by atoms with E-state index in [-0.39, 0.29) is 28.4 Å². The molecule has 3 aromatic rings. The van der Waals surface area contributed by atoms with E-state index in [4.69, 9.17) is 14.2 Å². The summed E-state index contributed by atoms with van der Waals surface area (Å²) in [6.07, 6.45) is 1.61. The minimum Gasteiger partial charge on any atom is -0.506 e. The minimum atomic E-state index is -0.895. The number of aliphatic hydroxyl groups excluding tert-OH is 1. The highest BCUT2D eigenvalue weighted by molar-refractivity contribution is 6.04. The fourth-order valence-electron chi connectivity index (χ4n) is 3.17. The summed E-state index contributed by atoms with van der Waals surface area (Å²) < 4.78 is 15.5. The van der Waals surface area contributed by atoms with Gasteiger partial charge in [-0.15, -0.1) is 10.2 Å². The van der Waals surface area contributed by atoms with Crippen LogP contribution >= 0.6 is 0 Å². The molecular weight excluding hydrogens is 508 g/mol. The fraction of sp³-hybridized carbons (Fsp3) is 0.111. The summed E-state index contributed by atoms with van der Waals surface area (Å²) >= 11 is 0. The molecule has 12 heteroatoms. The zero-order valence-corrected chi connectivity index (χ0v) is 21.0. The SMILES string of the molecule is C=Cc1ccc(C(=O)OCC(O)=C(N=Nc2ccc([N+](=O)[O-])cc2OC)C(=O)Nc2ccccc2OC)cc1. The Morgan fingerprint density at radius 1 is 1.05 bits per heavy atom. The Balaban J connectivity index is 1.92. The van der Waals surface area contributed by atoms with Crippen molar-refractivity contribution < 1.29 is 33.8 Å². The van der Waals surface area contributed by atoms with Crippen molar-refractivity contribution in [3.63, 3.8) is 0 Å². The molecule has 200 valence electrons. The van der Waals surface area contributed by atoms with E-state index in [1.807, 2.05) is 0 Å². The fourth-order valence-corrected chi connectivity index (χ4v) is 3.17. The molecule has 0 saturated carbocycles. The Morgan fingerprint density at radius 3 is 2.38 bits per heavy atom. The van der Waals surface area contributed by atoms with Crippen molar-refractivity contribution in [1.29, 1.82) is 0 Å². The summed E-state index contributed by atoms with van der Waals surface area (Å²) in [6.45, 7) is 2.94. The number of hydrogen-bond donors (Lipinski definition) is 2. The van der Waals surface area contributed by atoms with E-state index in [0.29, 0.717) is 5.75 Å². The number of hydrogen-bond acceptors (Lipinski definition) is 10. The summed E-state index contributed by atoms with van der Waals surface area (Å²) in [5.41, 5.74) is 0.496. The van der Waals surface area contributed by atoms with Crippen LogP contribution in [0.2, 0.25) is 0 Å². The highest BCUT2D eigenvalue weighted by Crippen LogP contribution is 2.32. The first-order chi connectivity index (χ1) is 18.8. The molecule has 0 aliphatic heterocycles. The molecule has 0 saturated heterocycles. The molecule has 0 aliphatic rings. The highest BCUT2D eigenvalue weighted by Gasteiger charge is 2.20. The number of nitro benzene ring substituents is 1. The Morgan fingerprint density at radius 2 is 1.74 bits per heavy atom. The molecular formula is C27H24N4O8. The molecule has 39 heavy (non-hydrogen) atoms. The number of nitrogens with zero attached hydrogens (tertiary/aromatic N) is 3. The number of carbonyl (C=O) groups excluding carboxylic acids is 2. The van der Waals surface area contributed by atoms with Gasteiger partial charge >= 0.3 is 5.97 Å². The van der Waals surface area contributed by atoms with Gasteiger partial charge in [0.15, 0.2) is 23.8 Å². The number of non-ortho nitro benzene ring substituents is 1. The lowest BCUT2D eigenvalue weighted by Gasteiger charge is -2.11. The van der Waals surface area contributed by atoms with Gasteiger partial charge in [-0.1, -0.05) is 36.9 Å². The monoisotopic (exact) mass is 532 g/mol. The van der Waals surface area contributed by atoms with Crippen molar-refractivity contribution in [3.8, 4) is 11.5 Å². The third-order valence-corrected chi connectivity index (χ3v) is 5.20. The molecule has 2 N–H and O–H groups in total. The number of para-hydroxylation sites is 2. The van der Waals surface area contributed by atoms with Crippen molar-refractivity contribution in [2.24, 2.45) is 10.2 Å². The number of aliphatic hydroxyl groups is 1. The maximum absolute atomic E-state index is 13.1. The third kappa shape index (κ3) is 7.26. The third-order valence-electron chi connectivity index (χ3n) is 5.20. The van der Waals surface area contributed by atoms with Crippen LogP contribution < -0.4 is 14.8 Å². The van der Waals surface area contributed by atoms with Gasteiger partial charge in [0, 0.05) is 6.07 Å². The lowest BCUT2D eigenvalue weighted by Crippen LogP contribution is -2.18. The predicted molar refractivity (Wildman–Crippen MR) is 142 cm³/mol. The Bertz CT molecular complexity index is 1450. The molecule has 3 rings (SSSR count). The van der Waals surface area contributed by atoms with Crippen LogP contribution in [0.5, 0.6) is 11.5 Å². The van der Waals surface area contributed by atoms with Crippen LogP contribution in [0.1, 0.15) is 15.9 Å². The maximum atomic E-state index is 13.1. The number of rotatable bonds is 11. The van der Waals surface area contributed by atoms with Gasteiger partial charge in [-0.05, 0) is 35.9 Å². The molecule has 0 unspecified atom stereocenters. The smallest absolute Gasteiger partial charge is 0.338 e. The first kappa shape index (κ1) is 28.1. The number of methoxy groups -OCH3 is 2. The number of nitrogens with one attached hydrogen (secondary N) is 1. The number of amides is 1. The van der Waals surface area contributed by atoms with Gasteiger partial charge in [0.05, 0.1) is 36.5 Å². The number of ether oxygens (including phenoxy) is 3. The van der Waals surface area contributed by atoms with Gasteiger partial charge < -0.3 is 24.6 Å². The second-order valence-corrected chi connectivity index (χ2v) is 7.67. The lowest BCUT2D eigenvalue weighted by molar-refractivity contribution is -0.384. The van der Waals surface area contributed by atoms with Crippen LogP contribution in [-0.4, -0.2) is 42.7 Å². The largest absolute Gasteiger partial charge is 0.506 e. The first-order valence-electron chi connectivity index (χ1n) is 11.3. The van der Waals surface area contributed by atoms with Crippen LogP contribution in [-0.2, 0) is 9.53 Å². The standard InChI is InChI=1S/C27H24N4O8/c1-4-17-9-11-18(12-10-17)27(34)39-16-22(32)25(26(33)28-20-7-5-6-8-23(20)37-2)30-29-21-14-13-19(31(35)36)15-24(21)38-3/h4-15,32H,1,16H2,2-3H3,(H,28,33). The average Bonchev–Trinajstić information content (AvgIpc) is 2.96.